The third-order valence-electron chi connectivity index (χ3n) is 12.1. The summed E-state index contributed by atoms with van der Waals surface area (Å²) in [6, 6.07) is 50.3. The number of hydrogen-bond donors (Lipinski definition) is 1. The summed E-state index contributed by atoms with van der Waals surface area (Å²) in [5, 5.41) is 14.7. The van der Waals surface area contributed by atoms with Gasteiger partial charge in [-0.15, -0.1) is 34.3 Å². The molecular weight excluding hydrogens is 968 g/mol. The zero-order valence-electron chi connectivity index (χ0n) is 42.4. The predicted octanol–water partition coefficient (Wildman–Crippen LogP) is 17.4. The summed E-state index contributed by atoms with van der Waals surface area (Å²) in [6.45, 7) is 9.89. The molecule has 1 N–H and O–H groups in total. The zero-order chi connectivity index (χ0) is 51.6. The van der Waals surface area contributed by atoms with Crippen LogP contribution >= 0.6 is 34.3 Å². The largest absolute Gasteiger partial charge is 0.508 e. The molecule has 0 radical (unpaired) electrons. The highest BCUT2D eigenvalue weighted by molar-refractivity contribution is 7.10. The summed E-state index contributed by atoms with van der Waals surface area (Å²) in [5.74, 6) is 2.36. The van der Waals surface area contributed by atoms with Crippen molar-refractivity contribution in [1.29, 1.82) is 0 Å². The Balaban J connectivity index is 0.000000199. The Kier molecular flexibility index (Phi) is 23.2. The normalized spacial score (nSPS) is 10.8. The number of hydrogen-bond acceptors (Lipinski definition) is 10. The number of rotatable bonds is 22. The molecule has 8 aromatic rings. The predicted molar refractivity (Wildman–Crippen MR) is 300 cm³/mol. The maximum Gasteiger partial charge on any atom is 0.338 e. The van der Waals surface area contributed by atoms with Crippen molar-refractivity contribution in [2.24, 2.45) is 0 Å². The summed E-state index contributed by atoms with van der Waals surface area (Å²) in [5.41, 5.74) is 9.94. The van der Waals surface area contributed by atoms with Crippen LogP contribution in [0.3, 0.4) is 0 Å². The number of halogens is 1. The van der Waals surface area contributed by atoms with Gasteiger partial charge in [0, 0.05) is 27.8 Å². The van der Waals surface area contributed by atoms with E-state index in [-0.39, 0.29) is 30.9 Å². The fourth-order valence-corrected chi connectivity index (χ4v) is 9.83. The van der Waals surface area contributed by atoms with Crippen molar-refractivity contribution in [3.05, 3.63) is 212 Å². The molecule has 2 heterocycles. The molecule has 0 amide bonds. The SMILES string of the molecule is CCCC(CCC)c1ccc(CCl)cc1.CCCC(CCC)c1ccc(COc2ccc(-c3csc(COC(=O)c4ccccc4)n3)cc2)cc1.O=C(OCc1nc(-c2ccc(O)cc2)cs1)c1ccccc1. The molecule has 0 bridgehead atoms. The van der Waals surface area contributed by atoms with Crippen LogP contribution in [0.15, 0.2) is 168 Å². The molecule has 0 saturated carbocycles. The number of aromatic hydroxyl groups is 1. The van der Waals surface area contributed by atoms with Crippen molar-refractivity contribution in [2.75, 3.05) is 0 Å². The van der Waals surface area contributed by atoms with E-state index >= 15 is 0 Å². The lowest BCUT2D eigenvalue weighted by Crippen LogP contribution is -2.04. The molecule has 0 unspecified atom stereocenters. The number of ether oxygens (including phenoxy) is 3. The van der Waals surface area contributed by atoms with Gasteiger partial charge in [0.05, 0.1) is 22.5 Å². The third-order valence-corrected chi connectivity index (χ3v) is 14.1. The average molecular weight is 1040 g/mol. The molecule has 8 rings (SSSR count). The number of phenols is 1. The summed E-state index contributed by atoms with van der Waals surface area (Å²) in [4.78, 5) is 33.0. The van der Waals surface area contributed by atoms with Gasteiger partial charge in [-0.1, -0.05) is 138 Å². The molecular formula is C62H67ClN2O6S2. The van der Waals surface area contributed by atoms with Crippen LogP contribution < -0.4 is 4.74 Å². The molecule has 0 spiro atoms. The molecule has 0 aliphatic carbocycles. The van der Waals surface area contributed by atoms with Gasteiger partial charge < -0.3 is 19.3 Å². The topological polar surface area (TPSA) is 108 Å². The number of phenolic OH excluding ortho intramolecular Hbond substituents is 1. The Morgan fingerprint density at radius 1 is 0.507 bits per heavy atom. The fourth-order valence-electron chi connectivity index (χ4n) is 8.22. The second-order valence-corrected chi connectivity index (χ2v) is 19.8. The van der Waals surface area contributed by atoms with Gasteiger partial charge in [0.25, 0.3) is 0 Å². The number of carbonyl (C=O) groups excluding carboxylic acids is 2. The molecule has 0 aliphatic rings. The van der Waals surface area contributed by atoms with Gasteiger partial charge in [0.1, 0.15) is 41.3 Å². The lowest BCUT2D eigenvalue weighted by molar-refractivity contribution is 0.0464. The van der Waals surface area contributed by atoms with Crippen molar-refractivity contribution in [1.82, 2.24) is 9.97 Å². The first-order valence-electron chi connectivity index (χ1n) is 25.3. The van der Waals surface area contributed by atoms with E-state index < -0.39 is 0 Å². The molecule has 73 heavy (non-hydrogen) atoms. The summed E-state index contributed by atoms with van der Waals surface area (Å²) >= 11 is 8.70. The van der Waals surface area contributed by atoms with Gasteiger partial charge in [-0.2, -0.15) is 0 Å². The second kappa shape index (κ2) is 30.4. The number of esters is 2. The van der Waals surface area contributed by atoms with Gasteiger partial charge in [-0.05, 0) is 133 Å². The third kappa shape index (κ3) is 18.1. The van der Waals surface area contributed by atoms with E-state index in [2.05, 4.69) is 86.2 Å². The Morgan fingerprint density at radius 3 is 1.30 bits per heavy atom. The molecule has 0 aliphatic heterocycles. The molecule has 8 nitrogen and oxygen atoms in total. The monoisotopic (exact) mass is 1030 g/mol. The second-order valence-electron chi connectivity index (χ2n) is 17.7. The number of alkyl halides is 1. The minimum atomic E-state index is -0.359. The standard InChI is InChI=1S/C31H33NO3S.C17H13NO3S.C14H21Cl/c1-3-8-24(9-4-2)25-14-12-23(13-15-25)20-34-28-18-16-26(17-19-28)29-22-36-30(32-29)21-35-31(33)27-10-6-5-7-11-27;19-14-8-6-12(7-9-14)15-11-22-16(18-15)10-21-17(20)13-4-2-1-3-5-13;1-3-5-13(6-4-2)14-9-7-12(11-15)8-10-14/h5-7,10-19,22,24H,3-4,8-9,20-21H2,1-2H3;1-9,11,19H,10H2;7-10,13H,3-6,11H2,1-2H3. The van der Waals surface area contributed by atoms with Crippen LogP contribution in [0.25, 0.3) is 22.5 Å². The van der Waals surface area contributed by atoms with E-state index in [1.54, 1.807) is 60.7 Å². The van der Waals surface area contributed by atoms with Crippen molar-refractivity contribution in [3.8, 4) is 34.0 Å². The molecule has 6 aromatic carbocycles. The first-order chi connectivity index (χ1) is 35.7. The van der Waals surface area contributed by atoms with Crippen LogP contribution in [-0.4, -0.2) is 27.0 Å². The van der Waals surface area contributed by atoms with Crippen molar-refractivity contribution < 1.29 is 28.9 Å². The minimum absolute atomic E-state index is 0.149. The van der Waals surface area contributed by atoms with Gasteiger partial charge >= 0.3 is 11.9 Å². The quantitative estimate of drug-likeness (QED) is 0.0528. The highest BCUT2D eigenvalue weighted by Crippen LogP contribution is 2.30. The number of nitrogens with zero attached hydrogens (tertiary/aromatic N) is 2. The lowest BCUT2D eigenvalue weighted by atomic mass is 9.90. The van der Waals surface area contributed by atoms with Crippen LogP contribution in [0, 0.1) is 0 Å². The summed E-state index contributed by atoms with van der Waals surface area (Å²) in [6.07, 6.45) is 10.1. The van der Waals surface area contributed by atoms with E-state index in [0.717, 1.165) is 44.2 Å². The van der Waals surface area contributed by atoms with E-state index in [1.165, 1.54) is 96.3 Å². The van der Waals surface area contributed by atoms with Gasteiger partial charge in [0.2, 0.25) is 0 Å². The van der Waals surface area contributed by atoms with E-state index in [1.807, 2.05) is 59.3 Å². The highest BCUT2D eigenvalue weighted by Gasteiger charge is 2.14. The van der Waals surface area contributed by atoms with E-state index in [4.69, 9.17) is 25.8 Å². The Morgan fingerprint density at radius 2 is 0.904 bits per heavy atom. The number of aromatic nitrogens is 2. The van der Waals surface area contributed by atoms with E-state index in [9.17, 15) is 14.7 Å². The molecule has 0 fully saturated rings. The van der Waals surface area contributed by atoms with E-state index in [0.29, 0.717) is 29.5 Å². The fraction of sp³-hybridized carbons (Fsp3) is 0.290. The number of carbonyl (C=O) groups is 2. The van der Waals surface area contributed by atoms with Crippen LogP contribution in [0.1, 0.15) is 144 Å². The number of benzene rings is 6. The first kappa shape index (κ1) is 55.7. The van der Waals surface area contributed by atoms with Crippen molar-refractivity contribution in [2.45, 2.75) is 117 Å². The van der Waals surface area contributed by atoms with Crippen molar-refractivity contribution >= 4 is 46.2 Å². The summed E-state index contributed by atoms with van der Waals surface area (Å²) < 4.78 is 16.7. The van der Waals surface area contributed by atoms with Crippen LogP contribution in [-0.2, 0) is 35.2 Å². The highest BCUT2D eigenvalue weighted by atomic mass is 35.5. The first-order valence-corrected chi connectivity index (χ1v) is 27.6. The van der Waals surface area contributed by atoms with Crippen LogP contribution in [0.2, 0.25) is 0 Å². The Labute approximate surface area is 445 Å². The molecule has 11 heteroatoms. The average Bonchev–Trinajstić information content (AvgIpc) is 4.13. The van der Waals surface area contributed by atoms with Crippen LogP contribution in [0.4, 0.5) is 0 Å². The van der Waals surface area contributed by atoms with Gasteiger partial charge in [0.15, 0.2) is 0 Å². The summed E-state index contributed by atoms with van der Waals surface area (Å²) in [7, 11) is 0. The van der Waals surface area contributed by atoms with Gasteiger partial charge in [-0.3, -0.25) is 0 Å². The minimum Gasteiger partial charge on any atom is -0.508 e. The molecule has 2 aromatic heterocycles. The smallest absolute Gasteiger partial charge is 0.338 e. The Hall–Kier alpha value is -6.59. The maximum absolute atomic E-state index is 12.1. The Bertz CT molecular complexity index is 2800. The van der Waals surface area contributed by atoms with Crippen LogP contribution in [0.5, 0.6) is 11.5 Å². The molecule has 0 atom stereocenters. The number of thiazole rings is 2. The maximum atomic E-state index is 12.1. The van der Waals surface area contributed by atoms with Gasteiger partial charge in [-0.25, -0.2) is 19.6 Å². The zero-order valence-corrected chi connectivity index (χ0v) is 44.8. The molecule has 380 valence electrons. The lowest BCUT2D eigenvalue weighted by Gasteiger charge is -2.16. The van der Waals surface area contributed by atoms with Crippen molar-refractivity contribution in [3.63, 3.8) is 0 Å². The molecule has 0 saturated heterocycles.